The zero-order valence-electron chi connectivity index (χ0n) is 8.51. The maximum atomic E-state index is 3.70. The van der Waals surface area contributed by atoms with Crippen LogP contribution in [-0.4, -0.2) is 0 Å². The first-order chi connectivity index (χ1) is 5.72. The summed E-state index contributed by atoms with van der Waals surface area (Å²) in [7, 11) is 0. The molecule has 1 unspecified atom stereocenters. The van der Waals surface area contributed by atoms with Crippen molar-refractivity contribution >= 4 is 0 Å². The summed E-state index contributed by atoms with van der Waals surface area (Å²) >= 11 is 0. The second kappa shape index (κ2) is 6.90. The van der Waals surface area contributed by atoms with Gasteiger partial charge >= 0.3 is 0 Å². The normalized spacial score (nSPS) is 15.1. The molecule has 0 radical (unpaired) electrons. The zero-order chi connectivity index (χ0) is 9.40. The molecule has 0 aliphatic heterocycles. The highest BCUT2D eigenvalue weighted by Crippen LogP contribution is 2.14. The van der Waals surface area contributed by atoms with Gasteiger partial charge in [0.1, 0.15) is 0 Å². The van der Waals surface area contributed by atoms with E-state index in [0.717, 1.165) is 12.8 Å². The summed E-state index contributed by atoms with van der Waals surface area (Å²) in [6, 6.07) is 0. The predicted molar refractivity (Wildman–Crippen MR) is 57.2 cm³/mol. The molecule has 0 nitrogen and oxygen atoms in total. The third kappa shape index (κ3) is 4.95. The van der Waals surface area contributed by atoms with Gasteiger partial charge in [-0.05, 0) is 32.6 Å². The quantitative estimate of drug-likeness (QED) is 0.536. The molecular weight excluding hydrogens is 144 g/mol. The van der Waals surface area contributed by atoms with E-state index in [1.54, 1.807) is 0 Å². The topological polar surface area (TPSA) is 0 Å². The van der Waals surface area contributed by atoms with E-state index in [1.807, 2.05) is 6.08 Å². The minimum Gasteiger partial charge on any atom is -0.103 e. The molecule has 68 valence electrons. The molecule has 0 amide bonds. The van der Waals surface area contributed by atoms with Crippen LogP contribution in [0.25, 0.3) is 0 Å². The van der Waals surface area contributed by atoms with E-state index in [4.69, 9.17) is 0 Å². The largest absolute Gasteiger partial charge is 0.103 e. The first-order valence-electron chi connectivity index (χ1n) is 4.61. The van der Waals surface area contributed by atoms with Gasteiger partial charge in [0.2, 0.25) is 0 Å². The fourth-order valence-electron chi connectivity index (χ4n) is 0.997. The molecule has 0 aromatic heterocycles. The van der Waals surface area contributed by atoms with Gasteiger partial charge < -0.3 is 0 Å². The van der Waals surface area contributed by atoms with Gasteiger partial charge in [-0.1, -0.05) is 36.8 Å². The molecule has 0 saturated heterocycles. The van der Waals surface area contributed by atoms with Crippen molar-refractivity contribution in [1.29, 1.82) is 0 Å². The maximum Gasteiger partial charge on any atom is -0.0169 e. The van der Waals surface area contributed by atoms with Crippen molar-refractivity contribution in [3.8, 4) is 0 Å². The highest BCUT2D eigenvalue weighted by atomic mass is 14.1. The van der Waals surface area contributed by atoms with Gasteiger partial charge in [0, 0.05) is 0 Å². The number of rotatable bonds is 5. The van der Waals surface area contributed by atoms with Crippen molar-refractivity contribution in [1.82, 2.24) is 0 Å². The van der Waals surface area contributed by atoms with Gasteiger partial charge in [-0.25, -0.2) is 0 Å². The Hall–Kier alpha value is -0.780. The molecule has 0 heteroatoms. The Kier molecular flexibility index (Phi) is 6.45. The molecule has 0 aliphatic carbocycles. The van der Waals surface area contributed by atoms with Crippen LogP contribution in [0.4, 0.5) is 0 Å². The molecule has 0 spiro atoms. The highest BCUT2D eigenvalue weighted by molar-refractivity contribution is 5.06. The van der Waals surface area contributed by atoms with Gasteiger partial charge in [0.15, 0.2) is 0 Å². The van der Waals surface area contributed by atoms with E-state index in [1.165, 1.54) is 5.57 Å². The van der Waals surface area contributed by atoms with Gasteiger partial charge in [-0.15, -0.1) is 6.58 Å². The first kappa shape index (κ1) is 11.2. The standard InChI is InChI=1S/C12H20/c1-5-7-9-11(3)12(4)10-8-6-2/h5-6,8-9,12H,1,7,10H2,2-4H3/b8-6+,11-9+. The SMILES string of the molecule is C=CC/C=C(\C)C(C)C/C=C/C. The number of allylic oxidation sites excluding steroid dienone is 5. The highest BCUT2D eigenvalue weighted by Gasteiger charge is 1.99. The number of hydrogen-bond donors (Lipinski definition) is 0. The van der Waals surface area contributed by atoms with Crippen LogP contribution in [-0.2, 0) is 0 Å². The fraction of sp³-hybridized carbons (Fsp3) is 0.500. The molecular formula is C12H20. The Balaban J connectivity index is 3.90. The minimum atomic E-state index is 0.668. The summed E-state index contributed by atoms with van der Waals surface area (Å²) in [6.07, 6.45) is 10.7. The summed E-state index contributed by atoms with van der Waals surface area (Å²) in [6.45, 7) is 10.2. The Bertz CT molecular complexity index is 172. The van der Waals surface area contributed by atoms with Crippen LogP contribution in [0.2, 0.25) is 0 Å². The lowest BCUT2D eigenvalue weighted by atomic mass is 9.98. The maximum absolute atomic E-state index is 3.70. The van der Waals surface area contributed by atoms with Crippen LogP contribution in [0.15, 0.2) is 36.5 Å². The Labute approximate surface area is 76.7 Å². The van der Waals surface area contributed by atoms with Crippen LogP contribution in [0.3, 0.4) is 0 Å². The van der Waals surface area contributed by atoms with E-state index in [-0.39, 0.29) is 0 Å². The molecule has 0 N–H and O–H groups in total. The van der Waals surface area contributed by atoms with Crippen molar-refractivity contribution in [3.05, 3.63) is 36.5 Å². The summed E-state index contributed by atoms with van der Waals surface area (Å²) in [5, 5.41) is 0. The Morgan fingerprint density at radius 1 is 1.50 bits per heavy atom. The first-order valence-corrected chi connectivity index (χ1v) is 4.61. The van der Waals surface area contributed by atoms with E-state index in [9.17, 15) is 0 Å². The van der Waals surface area contributed by atoms with Crippen LogP contribution in [0, 0.1) is 5.92 Å². The fourth-order valence-corrected chi connectivity index (χ4v) is 0.997. The third-order valence-electron chi connectivity index (χ3n) is 2.11. The summed E-state index contributed by atoms with van der Waals surface area (Å²) in [5.74, 6) is 0.668. The van der Waals surface area contributed by atoms with Gasteiger partial charge in [-0.3, -0.25) is 0 Å². The smallest absolute Gasteiger partial charge is 0.0169 e. The van der Waals surface area contributed by atoms with Crippen LogP contribution in [0.5, 0.6) is 0 Å². The summed E-state index contributed by atoms with van der Waals surface area (Å²) < 4.78 is 0. The molecule has 0 rings (SSSR count). The van der Waals surface area contributed by atoms with Gasteiger partial charge in [0.25, 0.3) is 0 Å². The van der Waals surface area contributed by atoms with E-state index >= 15 is 0 Å². The molecule has 0 aromatic rings. The second-order valence-electron chi connectivity index (χ2n) is 3.18. The van der Waals surface area contributed by atoms with Crippen LogP contribution < -0.4 is 0 Å². The monoisotopic (exact) mass is 164 g/mol. The van der Waals surface area contributed by atoms with E-state index in [0.29, 0.717) is 5.92 Å². The van der Waals surface area contributed by atoms with Gasteiger partial charge in [0.05, 0.1) is 0 Å². The molecule has 12 heavy (non-hydrogen) atoms. The lowest BCUT2D eigenvalue weighted by Crippen LogP contribution is -1.93. The molecule has 0 saturated carbocycles. The molecule has 0 aromatic carbocycles. The third-order valence-corrected chi connectivity index (χ3v) is 2.11. The molecule has 0 fully saturated rings. The van der Waals surface area contributed by atoms with E-state index in [2.05, 4.69) is 45.6 Å². The number of hydrogen-bond acceptors (Lipinski definition) is 0. The molecule has 0 bridgehead atoms. The summed E-state index contributed by atoms with van der Waals surface area (Å²) in [5.41, 5.74) is 1.47. The predicted octanol–water partition coefficient (Wildman–Crippen LogP) is 4.11. The van der Waals surface area contributed by atoms with Crippen LogP contribution >= 0.6 is 0 Å². The van der Waals surface area contributed by atoms with Crippen molar-refractivity contribution < 1.29 is 0 Å². The Morgan fingerprint density at radius 3 is 2.67 bits per heavy atom. The molecule has 1 atom stereocenters. The Morgan fingerprint density at radius 2 is 2.17 bits per heavy atom. The lowest BCUT2D eigenvalue weighted by molar-refractivity contribution is 0.691. The molecule has 0 aliphatic rings. The van der Waals surface area contributed by atoms with Crippen molar-refractivity contribution in [2.75, 3.05) is 0 Å². The molecule has 0 heterocycles. The second-order valence-corrected chi connectivity index (χ2v) is 3.18. The van der Waals surface area contributed by atoms with Crippen LogP contribution in [0.1, 0.15) is 33.6 Å². The average molecular weight is 164 g/mol. The van der Waals surface area contributed by atoms with Crippen molar-refractivity contribution in [3.63, 3.8) is 0 Å². The van der Waals surface area contributed by atoms with Gasteiger partial charge in [-0.2, -0.15) is 0 Å². The lowest BCUT2D eigenvalue weighted by Gasteiger charge is -2.08. The van der Waals surface area contributed by atoms with E-state index < -0.39 is 0 Å². The minimum absolute atomic E-state index is 0.668. The van der Waals surface area contributed by atoms with Crippen molar-refractivity contribution in [2.45, 2.75) is 33.6 Å². The average Bonchev–Trinajstić information content (AvgIpc) is 2.10. The summed E-state index contributed by atoms with van der Waals surface area (Å²) in [4.78, 5) is 0. The van der Waals surface area contributed by atoms with Crippen molar-refractivity contribution in [2.24, 2.45) is 5.92 Å². The zero-order valence-corrected chi connectivity index (χ0v) is 8.51.